The van der Waals surface area contributed by atoms with Gasteiger partial charge in [0.05, 0.1) is 23.6 Å². The number of thiazole rings is 1. The van der Waals surface area contributed by atoms with E-state index in [1.807, 2.05) is 0 Å². The molecular formula is C19H13ClF2N2O3S. The van der Waals surface area contributed by atoms with Gasteiger partial charge in [-0.1, -0.05) is 17.7 Å². The standard InChI is InChI=1S/C19H13ClF2N2O3S/c20-11-2-1-9-5-10(6-16(25)26)19(27)24(14(9)7-11)8-15-23-17-12(21)3-4-13(22)18(17)28-15/h1-4,7,10H,5-6,8H2,(H,25,26). The lowest BCUT2D eigenvalue weighted by Crippen LogP contribution is -2.41. The lowest BCUT2D eigenvalue weighted by atomic mass is 9.89. The molecule has 2 heterocycles. The number of carboxylic acid groups (broad SMARTS) is 1. The second-order valence-electron chi connectivity index (χ2n) is 6.51. The zero-order chi connectivity index (χ0) is 20.0. The third kappa shape index (κ3) is 3.33. The largest absolute Gasteiger partial charge is 0.481 e. The number of carbonyl (C=O) groups excluding carboxylic acids is 1. The molecule has 144 valence electrons. The Labute approximate surface area is 167 Å². The molecule has 1 unspecified atom stereocenters. The number of fused-ring (bicyclic) bond motifs is 2. The van der Waals surface area contributed by atoms with E-state index in [0.29, 0.717) is 15.7 Å². The summed E-state index contributed by atoms with van der Waals surface area (Å²) in [6.45, 7) is -0.0273. The molecule has 1 aliphatic rings. The maximum absolute atomic E-state index is 14.0. The quantitative estimate of drug-likeness (QED) is 0.676. The molecule has 2 aromatic carbocycles. The molecule has 0 saturated heterocycles. The third-order valence-electron chi connectivity index (χ3n) is 4.62. The Morgan fingerprint density at radius 3 is 2.75 bits per heavy atom. The van der Waals surface area contributed by atoms with Crippen molar-refractivity contribution < 1.29 is 23.5 Å². The van der Waals surface area contributed by atoms with Crippen LogP contribution in [0.3, 0.4) is 0 Å². The summed E-state index contributed by atoms with van der Waals surface area (Å²) in [6, 6.07) is 7.09. The van der Waals surface area contributed by atoms with Crippen LogP contribution in [0.5, 0.6) is 0 Å². The molecule has 0 saturated carbocycles. The van der Waals surface area contributed by atoms with Crippen LogP contribution in [0.25, 0.3) is 10.2 Å². The summed E-state index contributed by atoms with van der Waals surface area (Å²) in [5.41, 5.74) is 1.26. The van der Waals surface area contributed by atoms with Gasteiger partial charge in [-0.2, -0.15) is 0 Å². The van der Waals surface area contributed by atoms with Crippen molar-refractivity contribution >= 4 is 50.7 Å². The summed E-state index contributed by atoms with van der Waals surface area (Å²) in [4.78, 5) is 29.6. The van der Waals surface area contributed by atoms with Gasteiger partial charge in [0.2, 0.25) is 5.91 Å². The summed E-state index contributed by atoms with van der Waals surface area (Å²) in [5.74, 6) is -3.40. The Morgan fingerprint density at radius 1 is 1.29 bits per heavy atom. The van der Waals surface area contributed by atoms with Crippen LogP contribution in [0.15, 0.2) is 30.3 Å². The molecule has 0 bridgehead atoms. The molecule has 5 nitrogen and oxygen atoms in total. The molecular weight excluding hydrogens is 410 g/mol. The highest BCUT2D eigenvalue weighted by molar-refractivity contribution is 7.18. The highest BCUT2D eigenvalue weighted by Gasteiger charge is 2.35. The van der Waals surface area contributed by atoms with Crippen molar-refractivity contribution in [2.45, 2.75) is 19.4 Å². The third-order valence-corrected chi connectivity index (χ3v) is 5.91. The Kier molecular flexibility index (Phi) is 4.76. The maximum atomic E-state index is 14.0. The molecule has 9 heteroatoms. The summed E-state index contributed by atoms with van der Waals surface area (Å²) in [6.07, 6.45) is -0.0161. The minimum absolute atomic E-state index is 0.0273. The van der Waals surface area contributed by atoms with Crippen LogP contribution in [-0.2, 0) is 22.6 Å². The number of hydrogen-bond donors (Lipinski definition) is 1. The van der Waals surface area contributed by atoms with Crippen LogP contribution < -0.4 is 4.90 Å². The van der Waals surface area contributed by atoms with Gasteiger partial charge in [0.1, 0.15) is 16.3 Å². The lowest BCUT2D eigenvalue weighted by molar-refractivity contribution is -0.140. The van der Waals surface area contributed by atoms with E-state index in [-0.39, 0.29) is 35.5 Å². The highest BCUT2D eigenvalue weighted by Crippen LogP contribution is 2.36. The lowest BCUT2D eigenvalue weighted by Gasteiger charge is -2.33. The topological polar surface area (TPSA) is 70.5 Å². The smallest absolute Gasteiger partial charge is 0.304 e. The van der Waals surface area contributed by atoms with Gasteiger partial charge in [-0.15, -0.1) is 11.3 Å². The molecule has 1 atom stereocenters. The molecule has 0 fully saturated rings. The van der Waals surface area contributed by atoms with Crippen LogP contribution in [0.4, 0.5) is 14.5 Å². The van der Waals surface area contributed by atoms with E-state index < -0.39 is 23.5 Å². The number of benzene rings is 2. The number of aliphatic carboxylic acids is 1. The first-order valence-corrected chi connectivity index (χ1v) is 9.58. The fraction of sp³-hybridized carbons (Fsp3) is 0.211. The Bertz CT molecular complexity index is 1080. The molecule has 1 amide bonds. The molecule has 1 N–H and O–H groups in total. The van der Waals surface area contributed by atoms with Crippen LogP contribution >= 0.6 is 22.9 Å². The number of hydrogen-bond acceptors (Lipinski definition) is 4. The van der Waals surface area contributed by atoms with E-state index in [1.54, 1.807) is 18.2 Å². The molecule has 4 rings (SSSR count). The molecule has 0 aliphatic carbocycles. The Morgan fingerprint density at radius 2 is 2.04 bits per heavy atom. The highest BCUT2D eigenvalue weighted by atomic mass is 35.5. The number of halogens is 3. The maximum Gasteiger partial charge on any atom is 0.304 e. The van der Waals surface area contributed by atoms with Crippen molar-refractivity contribution in [3.05, 3.63) is 57.6 Å². The van der Waals surface area contributed by atoms with Crippen molar-refractivity contribution in [3.63, 3.8) is 0 Å². The van der Waals surface area contributed by atoms with Gasteiger partial charge in [0, 0.05) is 10.7 Å². The zero-order valence-corrected chi connectivity index (χ0v) is 15.9. The average Bonchev–Trinajstić information content (AvgIpc) is 3.07. The predicted octanol–water partition coefficient (Wildman–Crippen LogP) is 4.41. The van der Waals surface area contributed by atoms with Crippen LogP contribution in [-0.4, -0.2) is 22.0 Å². The fourth-order valence-electron chi connectivity index (χ4n) is 3.38. The van der Waals surface area contributed by atoms with Gasteiger partial charge in [-0.05, 0) is 36.2 Å². The van der Waals surface area contributed by atoms with Crippen LogP contribution in [0.2, 0.25) is 5.02 Å². The number of aromatic nitrogens is 1. The number of rotatable bonds is 4. The van der Waals surface area contributed by atoms with Crippen LogP contribution in [0.1, 0.15) is 17.0 Å². The molecule has 3 aromatic rings. The molecule has 28 heavy (non-hydrogen) atoms. The first-order chi connectivity index (χ1) is 13.3. The average molecular weight is 423 g/mol. The van der Waals surface area contributed by atoms with E-state index in [9.17, 15) is 18.4 Å². The van der Waals surface area contributed by atoms with E-state index in [1.165, 1.54) is 4.90 Å². The van der Waals surface area contributed by atoms with Crippen LogP contribution in [0, 0.1) is 17.6 Å². The first-order valence-electron chi connectivity index (χ1n) is 8.38. The van der Waals surface area contributed by atoms with Crippen molar-refractivity contribution in [3.8, 4) is 0 Å². The predicted molar refractivity (Wildman–Crippen MR) is 102 cm³/mol. The van der Waals surface area contributed by atoms with Crippen molar-refractivity contribution in [2.24, 2.45) is 5.92 Å². The van der Waals surface area contributed by atoms with E-state index >= 15 is 0 Å². The number of carboxylic acids is 1. The normalized spacial score (nSPS) is 16.5. The van der Waals surface area contributed by atoms with E-state index in [4.69, 9.17) is 16.7 Å². The van der Waals surface area contributed by atoms with Gasteiger partial charge in [0.25, 0.3) is 0 Å². The van der Waals surface area contributed by atoms with Gasteiger partial charge < -0.3 is 10.0 Å². The molecule has 1 aliphatic heterocycles. The van der Waals surface area contributed by atoms with Crippen molar-refractivity contribution in [1.82, 2.24) is 4.98 Å². The SMILES string of the molecule is O=C(O)CC1Cc2ccc(Cl)cc2N(Cc2nc3c(F)ccc(F)c3s2)C1=O. The summed E-state index contributed by atoms with van der Waals surface area (Å²) < 4.78 is 28.0. The second kappa shape index (κ2) is 7.10. The van der Waals surface area contributed by atoms with Gasteiger partial charge in [0.15, 0.2) is 5.82 Å². The van der Waals surface area contributed by atoms with Crippen molar-refractivity contribution in [2.75, 3.05) is 4.90 Å². The summed E-state index contributed by atoms with van der Waals surface area (Å²) >= 11 is 7.03. The first kappa shape index (κ1) is 18.8. The number of carbonyl (C=O) groups is 2. The monoisotopic (exact) mass is 422 g/mol. The summed E-state index contributed by atoms with van der Waals surface area (Å²) in [5, 5.41) is 9.89. The van der Waals surface area contributed by atoms with E-state index in [0.717, 1.165) is 29.0 Å². The molecule has 0 radical (unpaired) electrons. The minimum Gasteiger partial charge on any atom is -0.481 e. The van der Waals surface area contributed by atoms with Gasteiger partial charge in [-0.25, -0.2) is 13.8 Å². The molecule has 1 aromatic heterocycles. The Balaban J connectivity index is 1.76. The van der Waals surface area contributed by atoms with Crippen molar-refractivity contribution in [1.29, 1.82) is 0 Å². The molecule has 0 spiro atoms. The minimum atomic E-state index is -1.07. The summed E-state index contributed by atoms with van der Waals surface area (Å²) in [7, 11) is 0. The van der Waals surface area contributed by atoms with E-state index in [2.05, 4.69) is 4.98 Å². The van der Waals surface area contributed by atoms with Gasteiger partial charge in [-0.3, -0.25) is 9.59 Å². The zero-order valence-electron chi connectivity index (χ0n) is 14.3. The Hall–Kier alpha value is -2.58. The number of nitrogens with zero attached hydrogens (tertiary/aromatic N) is 2. The second-order valence-corrected chi connectivity index (χ2v) is 8.03. The van der Waals surface area contributed by atoms with Gasteiger partial charge >= 0.3 is 5.97 Å². The number of anilines is 1. The fourth-order valence-corrected chi connectivity index (χ4v) is 4.52. The number of amides is 1.